The first kappa shape index (κ1) is 19.8. The van der Waals surface area contributed by atoms with Gasteiger partial charge in [-0.15, -0.1) is 0 Å². The Hall–Kier alpha value is -2.55. The molecule has 1 aromatic heterocycles. The molecule has 2 rings (SSSR count). The van der Waals surface area contributed by atoms with Crippen molar-refractivity contribution < 1.29 is 38.0 Å². The van der Waals surface area contributed by atoms with E-state index in [1.165, 1.54) is 21.3 Å². The smallest absolute Gasteiger partial charge is 0.320 e. The van der Waals surface area contributed by atoms with Gasteiger partial charge in [-0.3, -0.25) is 4.79 Å². The van der Waals surface area contributed by atoms with Crippen molar-refractivity contribution in [3.05, 3.63) is 47.4 Å². The molecule has 1 N–H and O–H groups in total. The standard InChI is InChI=1S/C18H22O8/c1-21-10-24-14-6-12(7-15(8-14)25-11-22-2)17(18(20)23-3)16-5-4-13(9-19)26-16/h4-8,17,19H,9-11H2,1-3H3. The van der Waals surface area contributed by atoms with E-state index in [1.54, 1.807) is 30.3 Å². The fourth-order valence-electron chi connectivity index (χ4n) is 2.35. The molecule has 8 heteroatoms. The second-order valence-electron chi connectivity index (χ2n) is 5.26. The van der Waals surface area contributed by atoms with Gasteiger partial charge in [0.15, 0.2) is 13.6 Å². The first-order chi connectivity index (χ1) is 12.6. The molecule has 0 saturated carbocycles. The Bertz CT molecular complexity index is 683. The maximum Gasteiger partial charge on any atom is 0.320 e. The van der Waals surface area contributed by atoms with Crippen LogP contribution in [0.5, 0.6) is 11.5 Å². The second-order valence-corrected chi connectivity index (χ2v) is 5.26. The summed E-state index contributed by atoms with van der Waals surface area (Å²) in [5.74, 6) is 0.192. The summed E-state index contributed by atoms with van der Waals surface area (Å²) in [5, 5.41) is 9.20. The highest BCUT2D eigenvalue weighted by Crippen LogP contribution is 2.33. The van der Waals surface area contributed by atoms with Gasteiger partial charge in [0.2, 0.25) is 0 Å². The summed E-state index contributed by atoms with van der Waals surface area (Å²) in [4.78, 5) is 12.4. The van der Waals surface area contributed by atoms with Crippen molar-refractivity contribution in [3.63, 3.8) is 0 Å². The molecule has 26 heavy (non-hydrogen) atoms. The maximum atomic E-state index is 12.4. The van der Waals surface area contributed by atoms with Crippen LogP contribution in [0.3, 0.4) is 0 Å². The van der Waals surface area contributed by atoms with Crippen molar-refractivity contribution in [1.29, 1.82) is 0 Å². The molecule has 0 saturated heterocycles. The molecule has 0 aliphatic carbocycles. The Morgan fingerprint density at radius 3 is 2.12 bits per heavy atom. The molecule has 0 bridgehead atoms. The fourth-order valence-corrected chi connectivity index (χ4v) is 2.35. The number of methoxy groups -OCH3 is 3. The zero-order valence-electron chi connectivity index (χ0n) is 14.9. The monoisotopic (exact) mass is 366 g/mol. The number of ether oxygens (including phenoxy) is 5. The predicted molar refractivity (Wildman–Crippen MR) is 89.9 cm³/mol. The minimum atomic E-state index is -0.851. The Kier molecular flexibility index (Phi) is 7.46. The SMILES string of the molecule is COCOc1cc(OCOC)cc(C(C(=O)OC)c2ccc(CO)o2)c1. The maximum absolute atomic E-state index is 12.4. The van der Waals surface area contributed by atoms with E-state index >= 15 is 0 Å². The van der Waals surface area contributed by atoms with Crippen LogP contribution in [0.1, 0.15) is 23.0 Å². The van der Waals surface area contributed by atoms with Gasteiger partial charge in [0.25, 0.3) is 0 Å². The minimum Gasteiger partial charge on any atom is -0.468 e. The van der Waals surface area contributed by atoms with Gasteiger partial charge in [0, 0.05) is 20.3 Å². The van der Waals surface area contributed by atoms with Crippen molar-refractivity contribution >= 4 is 5.97 Å². The normalized spacial score (nSPS) is 11.8. The van der Waals surface area contributed by atoms with E-state index in [9.17, 15) is 9.90 Å². The van der Waals surface area contributed by atoms with Gasteiger partial charge < -0.3 is 33.2 Å². The molecule has 2 aromatic rings. The molecular formula is C18H22O8. The number of rotatable bonds is 10. The predicted octanol–water partition coefficient (Wildman–Crippen LogP) is 2.04. The molecule has 1 aromatic carbocycles. The lowest BCUT2D eigenvalue weighted by Crippen LogP contribution is -2.15. The summed E-state index contributed by atoms with van der Waals surface area (Å²) in [5.41, 5.74) is 0.537. The highest BCUT2D eigenvalue weighted by Gasteiger charge is 2.28. The lowest BCUT2D eigenvalue weighted by atomic mass is 9.96. The van der Waals surface area contributed by atoms with Crippen LogP contribution < -0.4 is 9.47 Å². The number of hydrogen-bond donors (Lipinski definition) is 1. The lowest BCUT2D eigenvalue weighted by Gasteiger charge is -2.16. The quantitative estimate of drug-likeness (QED) is 0.504. The Morgan fingerprint density at radius 2 is 1.65 bits per heavy atom. The first-order valence-corrected chi connectivity index (χ1v) is 7.78. The first-order valence-electron chi connectivity index (χ1n) is 7.78. The molecule has 0 spiro atoms. The van der Waals surface area contributed by atoms with Gasteiger partial charge >= 0.3 is 5.97 Å². The highest BCUT2D eigenvalue weighted by atomic mass is 16.7. The number of furan rings is 1. The van der Waals surface area contributed by atoms with E-state index in [4.69, 9.17) is 28.1 Å². The van der Waals surface area contributed by atoms with E-state index in [0.717, 1.165) is 0 Å². The van der Waals surface area contributed by atoms with E-state index in [0.29, 0.717) is 28.6 Å². The van der Waals surface area contributed by atoms with Gasteiger partial charge in [0.1, 0.15) is 35.5 Å². The average molecular weight is 366 g/mol. The molecule has 1 unspecified atom stereocenters. The van der Waals surface area contributed by atoms with Crippen LogP contribution in [0.4, 0.5) is 0 Å². The van der Waals surface area contributed by atoms with Gasteiger partial charge in [-0.05, 0) is 29.8 Å². The molecule has 0 fully saturated rings. The van der Waals surface area contributed by atoms with E-state index in [1.807, 2.05) is 0 Å². The van der Waals surface area contributed by atoms with Gasteiger partial charge in [-0.25, -0.2) is 0 Å². The number of carbonyl (C=O) groups is 1. The van der Waals surface area contributed by atoms with Gasteiger partial charge in [-0.2, -0.15) is 0 Å². The van der Waals surface area contributed by atoms with Crippen molar-refractivity contribution in [3.8, 4) is 11.5 Å². The Labute approximate surface area is 151 Å². The van der Waals surface area contributed by atoms with Crippen LogP contribution in [0, 0.1) is 0 Å². The molecule has 1 heterocycles. The highest BCUT2D eigenvalue weighted by molar-refractivity contribution is 5.81. The number of hydrogen-bond acceptors (Lipinski definition) is 8. The summed E-state index contributed by atoms with van der Waals surface area (Å²) in [6.07, 6.45) is 0. The third-order valence-corrected chi connectivity index (χ3v) is 3.48. The molecule has 1 atom stereocenters. The van der Waals surface area contributed by atoms with Crippen LogP contribution in [-0.4, -0.2) is 46.0 Å². The Morgan fingerprint density at radius 1 is 1.04 bits per heavy atom. The van der Waals surface area contributed by atoms with E-state index in [2.05, 4.69) is 0 Å². The summed E-state index contributed by atoms with van der Waals surface area (Å²) < 4.78 is 31.2. The van der Waals surface area contributed by atoms with Crippen LogP contribution in [0.25, 0.3) is 0 Å². The number of aliphatic hydroxyl groups is 1. The number of carbonyl (C=O) groups excluding carboxylic acids is 1. The third kappa shape index (κ3) is 4.98. The van der Waals surface area contributed by atoms with Crippen molar-refractivity contribution in [1.82, 2.24) is 0 Å². The molecule has 8 nitrogen and oxygen atoms in total. The summed E-state index contributed by atoms with van der Waals surface area (Å²) >= 11 is 0. The number of benzene rings is 1. The average Bonchev–Trinajstić information content (AvgIpc) is 3.13. The molecular weight excluding hydrogens is 344 g/mol. The van der Waals surface area contributed by atoms with E-state index in [-0.39, 0.29) is 20.2 Å². The second kappa shape index (κ2) is 9.81. The molecule has 142 valence electrons. The molecule has 0 amide bonds. The largest absolute Gasteiger partial charge is 0.468 e. The number of esters is 1. The molecule has 0 aliphatic rings. The van der Waals surface area contributed by atoms with Crippen LogP contribution in [0.15, 0.2) is 34.7 Å². The molecule has 0 radical (unpaired) electrons. The minimum absolute atomic E-state index is 0.0332. The lowest BCUT2D eigenvalue weighted by molar-refractivity contribution is -0.141. The van der Waals surface area contributed by atoms with Crippen LogP contribution in [-0.2, 0) is 25.6 Å². The summed E-state index contributed by atoms with van der Waals surface area (Å²) in [7, 11) is 4.30. The van der Waals surface area contributed by atoms with Crippen molar-refractivity contribution in [2.24, 2.45) is 0 Å². The van der Waals surface area contributed by atoms with Crippen LogP contribution >= 0.6 is 0 Å². The van der Waals surface area contributed by atoms with Crippen molar-refractivity contribution in [2.45, 2.75) is 12.5 Å². The third-order valence-electron chi connectivity index (χ3n) is 3.48. The Balaban J connectivity index is 2.45. The fraction of sp³-hybridized carbons (Fsp3) is 0.389. The summed E-state index contributed by atoms with van der Waals surface area (Å²) in [6.45, 7) is -0.204. The van der Waals surface area contributed by atoms with Crippen LogP contribution in [0.2, 0.25) is 0 Å². The van der Waals surface area contributed by atoms with Gasteiger partial charge in [0.05, 0.1) is 7.11 Å². The summed E-state index contributed by atoms with van der Waals surface area (Å²) in [6, 6.07) is 8.20. The molecule has 0 aliphatic heterocycles. The topological polar surface area (TPSA) is 96.6 Å². The number of aliphatic hydroxyl groups excluding tert-OH is 1. The van der Waals surface area contributed by atoms with Crippen molar-refractivity contribution in [2.75, 3.05) is 34.9 Å². The zero-order chi connectivity index (χ0) is 18.9. The zero-order valence-corrected chi connectivity index (χ0v) is 14.9. The van der Waals surface area contributed by atoms with Gasteiger partial charge in [-0.1, -0.05) is 0 Å². The van der Waals surface area contributed by atoms with E-state index < -0.39 is 11.9 Å².